The number of rotatable bonds is 5. The highest BCUT2D eigenvalue weighted by Gasteiger charge is 2.00. The molecule has 0 spiro atoms. The molecule has 0 fully saturated rings. The largest absolute Gasteiger partial charge is 0.349 e. The Balaban J connectivity index is 1.70. The first-order chi connectivity index (χ1) is 7.36. The Morgan fingerprint density at radius 2 is 2.40 bits per heavy atom. The first-order valence-corrected chi connectivity index (χ1v) is 5.82. The van der Waals surface area contributed by atoms with Crippen LogP contribution < -0.4 is 5.32 Å². The number of aryl methyl sites for hydroxylation is 1. The van der Waals surface area contributed by atoms with E-state index in [4.69, 9.17) is 0 Å². The van der Waals surface area contributed by atoms with Crippen LogP contribution >= 0.6 is 11.3 Å². The van der Waals surface area contributed by atoms with E-state index in [-0.39, 0.29) is 0 Å². The molecule has 15 heavy (non-hydrogen) atoms. The van der Waals surface area contributed by atoms with Gasteiger partial charge >= 0.3 is 0 Å². The van der Waals surface area contributed by atoms with Gasteiger partial charge in [-0.25, -0.2) is 9.97 Å². The Hall–Kier alpha value is -1.20. The molecular weight excluding hydrogens is 208 g/mol. The lowest BCUT2D eigenvalue weighted by molar-refractivity contribution is 0.677. The van der Waals surface area contributed by atoms with Crippen LogP contribution in [0.15, 0.2) is 17.9 Å². The van der Waals surface area contributed by atoms with E-state index in [0.717, 1.165) is 31.0 Å². The van der Waals surface area contributed by atoms with Crippen LogP contribution in [0, 0.1) is 6.92 Å². The number of hydrogen-bond donors (Lipinski definition) is 2. The maximum Gasteiger partial charge on any atom is 0.107 e. The molecule has 2 rings (SSSR count). The number of aromatic amines is 1. The third kappa shape index (κ3) is 2.87. The number of nitrogens with zero attached hydrogens (tertiary/aromatic N) is 2. The highest BCUT2D eigenvalue weighted by Crippen LogP contribution is 2.10. The Labute approximate surface area is 92.8 Å². The van der Waals surface area contributed by atoms with Gasteiger partial charge < -0.3 is 10.3 Å². The predicted molar refractivity (Wildman–Crippen MR) is 60.8 cm³/mol. The van der Waals surface area contributed by atoms with Crippen molar-refractivity contribution in [1.29, 1.82) is 0 Å². The van der Waals surface area contributed by atoms with Crippen molar-refractivity contribution in [3.05, 3.63) is 34.3 Å². The molecule has 0 radical (unpaired) electrons. The first kappa shape index (κ1) is 10.3. The van der Waals surface area contributed by atoms with E-state index >= 15 is 0 Å². The number of H-pyrrole nitrogens is 1. The van der Waals surface area contributed by atoms with E-state index < -0.39 is 0 Å². The predicted octanol–water partition coefficient (Wildman–Crippen LogP) is 1.51. The normalized spacial score (nSPS) is 10.7. The molecule has 0 aliphatic carbocycles. The van der Waals surface area contributed by atoms with Crippen LogP contribution in [0.2, 0.25) is 0 Å². The van der Waals surface area contributed by atoms with Gasteiger partial charge in [-0.15, -0.1) is 11.3 Å². The fourth-order valence-electron chi connectivity index (χ4n) is 1.34. The number of thiazole rings is 1. The molecule has 0 bridgehead atoms. The molecule has 2 aromatic heterocycles. The number of imidazole rings is 1. The lowest BCUT2D eigenvalue weighted by Crippen LogP contribution is -2.17. The second-order valence-corrected chi connectivity index (χ2v) is 4.26. The molecule has 0 saturated carbocycles. The van der Waals surface area contributed by atoms with Gasteiger partial charge in [-0.1, -0.05) is 0 Å². The van der Waals surface area contributed by atoms with Gasteiger partial charge in [0.2, 0.25) is 0 Å². The van der Waals surface area contributed by atoms with Crippen LogP contribution in [-0.2, 0) is 13.0 Å². The Bertz CT molecular complexity index is 393. The van der Waals surface area contributed by atoms with Gasteiger partial charge in [-0.05, 0) is 6.92 Å². The molecule has 2 heterocycles. The number of nitrogens with one attached hydrogen (secondary N) is 2. The average Bonchev–Trinajstić information content (AvgIpc) is 2.85. The van der Waals surface area contributed by atoms with Crippen molar-refractivity contribution in [3.8, 4) is 0 Å². The lowest BCUT2D eigenvalue weighted by Gasteiger charge is -2.01. The molecular formula is C10H14N4S. The van der Waals surface area contributed by atoms with E-state index in [2.05, 4.69) is 20.3 Å². The van der Waals surface area contributed by atoms with Crippen molar-refractivity contribution in [2.75, 3.05) is 6.54 Å². The maximum atomic E-state index is 4.21. The number of hydrogen-bond acceptors (Lipinski definition) is 4. The van der Waals surface area contributed by atoms with Crippen molar-refractivity contribution in [2.24, 2.45) is 0 Å². The summed E-state index contributed by atoms with van der Waals surface area (Å²) in [7, 11) is 0. The maximum absolute atomic E-state index is 4.21. The molecule has 0 aliphatic heterocycles. The molecule has 80 valence electrons. The second kappa shape index (κ2) is 5.04. The van der Waals surface area contributed by atoms with Crippen molar-refractivity contribution < 1.29 is 0 Å². The Morgan fingerprint density at radius 3 is 3.07 bits per heavy atom. The van der Waals surface area contributed by atoms with Crippen LogP contribution in [0.4, 0.5) is 0 Å². The monoisotopic (exact) mass is 222 g/mol. The minimum atomic E-state index is 0.900. The van der Waals surface area contributed by atoms with E-state index in [1.165, 1.54) is 4.88 Å². The van der Waals surface area contributed by atoms with Gasteiger partial charge in [0.05, 0.1) is 11.2 Å². The molecule has 0 unspecified atom stereocenters. The fourth-order valence-corrected chi connectivity index (χ4v) is 2.09. The van der Waals surface area contributed by atoms with Crippen LogP contribution in [0.5, 0.6) is 0 Å². The lowest BCUT2D eigenvalue weighted by atomic mass is 10.3. The highest BCUT2D eigenvalue weighted by molar-refractivity contribution is 7.09. The van der Waals surface area contributed by atoms with E-state index in [1.807, 2.05) is 18.6 Å². The van der Waals surface area contributed by atoms with E-state index in [1.54, 1.807) is 17.5 Å². The first-order valence-electron chi connectivity index (χ1n) is 4.94. The van der Waals surface area contributed by atoms with Gasteiger partial charge in [0.15, 0.2) is 0 Å². The van der Waals surface area contributed by atoms with Crippen molar-refractivity contribution >= 4 is 11.3 Å². The van der Waals surface area contributed by atoms with Crippen LogP contribution in [0.3, 0.4) is 0 Å². The molecule has 0 aromatic carbocycles. The third-order valence-electron chi connectivity index (χ3n) is 2.22. The molecule has 0 atom stereocenters. The molecule has 5 heteroatoms. The summed E-state index contributed by atoms with van der Waals surface area (Å²) in [6, 6.07) is 0. The van der Waals surface area contributed by atoms with Crippen LogP contribution in [-0.4, -0.2) is 21.5 Å². The van der Waals surface area contributed by atoms with Crippen molar-refractivity contribution in [1.82, 2.24) is 20.3 Å². The van der Waals surface area contributed by atoms with Crippen molar-refractivity contribution in [2.45, 2.75) is 19.9 Å². The molecule has 0 amide bonds. The molecule has 0 saturated heterocycles. The molecule has 4 nitrogen and oxygen atoms in total. The van der Waals surface area contributed by atoms with Crippen molar-refractivity contribution in [3.63, 3.8) is 0 Å². The summed E-state index contributed by atoms with van der Waals surface area (Å²) < 4.78 is 0. The summed E-state index contributed by atoms with van der Waals surface area (Å²) in [6.07, 6.45) is 4.57. The van der Waals surface area contributed by atoms with Crippen LogP contribution in [0.1, 0.15) is 16.4 Å². The second-order valence-electron chi connectivity index (χ2n) is 3.32. The number of aromatic nitrogens is 3. The minimum Gasteiger partial charge on any atom is -0.349 e. The Kier molecular flexibility index (Phi) is 3.47. The SMILES string of the molecule is Cc1ncsc1CNCCc1ncc[nH]1. The minimum absolute atomic E-state index is 0.900. The summed E-state index contributed by atoms with van der Waals surface area (Å²) >= 11 is 1.70. The summed E-state index contributed by atoms with van der Waals surface area (Å²) in [5.74, 6) is 1.03. The van der Waals surface area contributed by atoms with Gasteiger partial charge in [-0.3, -0.25) is 0 Å². The molecule has 0 aliphatic rings. The fraction of sp³-hybridized carbons (Fsp3) is 0.400. The van der Waals surface area contributed by atoms with E-state index in [9.17, 15) is 0 Å². The van der Waals surface area contributed by atoms with Gasteiger partial charge in [0.1, 0.15) is 5.82 Å². The smallest absolute Gasteiger partial charge is 0.107 e. The molecule has 2 aromatic rings. The van der Waals surface area contributed by atoms with Gasteiger partial charge in [-0.2, -0.15) is 0 Å². The quantitative estimate of drug-likeness (QED) is 0.754. The zero-order chi connectivity index (χ0) is 10.5. The Morgan fingerprint density at radius 1 is 1.47 bits per heavy atom. The highest BCUT2D eigenvalue weighted by atomic mass is 32.1. The topological polar surface area (TPSA) is 53.6 Å². The van der Waals surface area contributed by atoms with E-state index in [0.29, 0.717) is 0 Å². The molecule has 2 N–H and O–H groups in total. The summed E-state index contributed by atoms with van der Waals surface area (Å²) in [5.41, 5.74) is 3.02. The standard InChI is InChI=1S/C10H14N4S/c1-8-9(15-7-14-8)6-11-3-2-10-12-4-5-13-10/h4-5,7,11H,2-3,6H2,1H3,(H,12,13). The summed E-state index contributed by atoms with van der Waals surface area (Å²) in [4.78, 5) is 12.8. The third-order valence-corrected chi connectivity index (χ3v) is 3.16. The van der Waals surface area contributed by atoms with Gasteiger partial charge in [0.25, 0.3) is 0 Å². The summed E-state index contributed by atoms with van der Waals surface area (Å²) in [5, 5.41) is 3.38. The average molecular weight is 222 g/mol. The van der Waals surface area contributed by atoms with Gasteiger partial charge in [0, 0.05) is 36.8 Å². The zero-order valence-corrected chi connectivity index (χ0v) is 9.47. The summed E-state index contributed by atoms with van der Waals surface area (Å²) in [6.45, 7) is 3.88. The zero-order valence-electron chi connectivity index (χ0n) is 8.66. The van der Waals surface area contributed by atoms with Crippen LogP contribution in [0.25, 0.3) is 0 Å².